The van der Waals surface area contributed by atoms with Gasteiger partial charge in [-0.3, -0.25) is 14.6 Å². The molecule has 0 saturated carbocycles. The molecular weight excluding hydrogens is 412 g/mol. The second-order valence-corrected chi connectivity index (χ2v) is 8.12. The third-order valence-electron chi connectivity index (χ3n) is 5.87. The van der Waals surface area contributed by atoms with Crippen molar-refractivity contribution >= 4 is 5.91 Å². The zero-order chi connectivity index (χ0) is 23.3. The molecule has 4 aromatic rings. The molecule has 0 bridgehead atoms. The molecule has 6 nitrogen and oxygen atoms in total. The molecule has 4 rings (SSSR count). The van der Waals surface area contributed by atoms with Crippen molar-refractivity contribution in [2.75, 3.05) is 0 Å². The van der Waals surface area contributed by atoms with E-state index in [1.807, 2.05) is 67.6 Å². The molecule has 2 N–H and O–H groups in total. The zero-order valence-electron chi connectivity index (χ0n) is 18.7. The lowest BCUT2D eigenvalue weighted by Crippen LogP contribution is -2.44. The minimum atomic E-state index is -0.690. The third kappa shape index (κ3) is 4.90. The van der Waals surface area contributed by atoms with Crippen LogP contribution in [0.4, 0.5) is 0 Å². The van der Waals surface area contributed by atoms with Crippen molar-refractivity contribution < 1.29 is 4.79 Å². The van der Waals surface area contributed by atoms with Crippen molar-refractivity contribution in [2.24, 2.45) is 0 Å². The minimum Gasteiger partial charge on any atom is -0.343 e. The van der Waals surface area contributed by atoms with Gasteiger partial charge >= 0.3 is 0 Å². The van der Waals surface area contributed by atoms with Gasteiger partial charge in [0.1, 0.15) is 5.82 Å². The first-order valence-corrected chi connectivity index (χ1v) is 10.9. The number of hydrogen-bond donors (Lipinski definition) is 2. The number of carbonyl (C=O) groups excluding carboxylic acids is 1. The second kappa shape index (κ2) is 9.61. The Bertz CT molecular complexity index is 1250. The molecule has 166 valence electrons. The first-order chi connectivity index (χ1) is 16.0. The van der Waals surface area contributed by atoms with E-state index in [0.717, 1.165) is 16.7 Å². The van der Waals surface area contributed by atoms with Crippen LogP contribution in [-0.2, 0) is 16.8 Å². The maximum Gasteiger partial charge on any atom is 0.254 e. The van der Waals surface area contributed by atoms with Gasteiger partial charge in [-0.2, -0.15) is 0 Å². The summed E-state index contributed by atoms with van der Waals surface area (Å²) in [6, 6.07) is 23.3. The number of pyridine rings is 1. The van der Waals surface area contributed by atoms with Crippen LogP contribution in [0.3, 0.4) is 0 Å². The summed E-state index contributed by atoms with van der Waals surface area (Å²) >= 11 is 0. The highest BCUT2D eigenvalue weighted by Gasteiger charge is 2.30. The van der Waals surface area contributed by atoms with Crippen LogP contribution >= 0.6 is 0 Å². The maximum atomic E-state index is 13.0. The van der Waals surface area contributed by atoms with Crippen LogP contribution < -0.4 is 10.9 Å². The van der Waals surface area contributed by atoms with Crippen molar-refractivity contribution in [1.82, 2.24) is 20.3 Å². The Kier molecular flexibility index (Phi) is 6.45. The number of aromatic amines is 1. The fourth-order valence-corrected chi connectivity index (χ4v) is 3.99. The predicted octanol–water partition coefficient (Wildman–Crippen LogP) is 4.15. The van der Waals surface area contributed by atoms with Crippen LogP contribution in [0.25, 0.3) is 11.4 Å². The summed E-state index contributed by atoms with van der Waals surface area (Å²) in [5.41, 5.74) is 2.98. The average molecular weight is 439 g/mol. The van der Waals surface area contributed by atoms with E-state index in [0.29, 0.717) is 23.5 Å². The molecule has 0 aliphatic heterocycles. The fraction of sp³-hybridized carbons (Fsp3) is 0.185. The molecule has 0 saturated heterocycles. The normalized spacial score (nSPS) is 11.2. The monoisotopic (exact) mass is 438 g/mol. The highest BCUT2D eigenvalue weighted by atomic mass is 16.1. The standard InChI is InChI=1S/C27H26N4O2/c1-19-23(26(33)30-25(29-19)20-15-17-28-18-16-20)13-14-24(32)31-27(2,21-9-5-3-6-10-21)22-11-7-4-8-12-22/h3-12,15-18H,13-14H2,1-2H3,(H,31,32)(H,29,30,33). The first kappa shape index (κ1) is 22.1. The van der Waals surface area contributed by atoms with Crippen molar-refractivity contribution in [3.63, 3.8) is 0 Å². The number of amides is 1. The molecule has 0 spiro atoms. The molecular formula is C27H26N4O2. The lowest BCUT2D eigenvalue weighted by molar-refractivity contribution is -0.122. The number of nitrogens with zero attached hydrogens (tertiary/aromatic N) is 2. The maximum absolute atomic E-state index is 13.0. The molecule has 1 amide bonds. The number of aryl methyl sites for hydroxylation is 1. The van der Waals surface area contributed by atoms with Gasteiger partial charge in [-0.15, -0.1) is 0 Å². The summed E-state index contributed by atoms with van der Waals surface area (Å²) in [5.74, 6) is 0.357. The topological polar surface area (TPSA) is 87.7 Å². The number of carbonyl (C=O) groups is 1. The molecule has 2 aromatic carbocycles. The number of nitrogens with one attached hydrogen (secondary N) is 2. The predicted molar refractivity (Wildman–Crippen MR) is 129 cm³/mol. The van der Waals surface area contributed by atoms with E-state index in [1.165, 1.54) is 0 Å². The molecule has 2 aromatic heterocycles. The Hall–Kier alpha value is -4.06. The van der Waals surface area contributed by atoms with Crippen LogP contribution in [0.15, 0.2) is 90.0 Å². The summed E-state index contributed by atoms with van der Waals surface area (Å²) in [6.45, 7) is 3.80. The summed E-state index contributed by atoms with van der Waals surface area (Å²) < 4.78 is 0. The number of rotatable bonds is 7. The van der Waals surface area contributed by atoms with E-state index in [4.69, 9.17) is 0 Å². The van der Waals surface area contributed by atoms with E-state index in [2.05, 4.69) is 20.3 Å². The highest BCUT2D eigenvalue weighted by Crippen LogP contribution is 2.29. The quantitative estimate of drug-likeness (QED) is 0.454. The summed E-state index contributed by atoms with van der Waals surface area (Å²) in [5, 5.41) is 3.19. The Morgan fingerprint density at radius 2 is 1.52 bits per heavy atom. The van der Waals surface area contributed by atoms with Crippen molar-refractivity contribution in [3.05, 3.63) is 118 Å². The van der Waals surface area contributed by atoms with E-state index >= 15 is 0 Å². The van der Waals surface area contributed by atoms with E-state index in [1.54, 1.807) is 31.5 Å². The van der Waals surface area contributed by atoms with E-state index < -0.39 is 5.54 Å². The fourth-order valence-electron chi connectivity index (χ4n) is 3.99. The van der Waals surface area contributed by atoms with Crippen molar-refractivity contribution in [1.29, 1.82) is 0 Å². The second-order valence-electron chi connectivity index (χ2n) is 8.12. The molecule has 0 unspecified atom stereocenters. The van der Waals surface area contributed by atoms with Gasteiger partial charge in [0, 0.05) is 35.6 Å². The van der Waals surface area contributed by atoms with E-state index in [-0.39, 0.29) is 17.9 Å². The van der Waals surface area contributed by atoms with Crippen LogP contribution in [-0.4, -0.2) is 20.9 Å². The van der Waals surface area contributed by atoms with Gasteiger partial charge in [-0.25, -0.2) is 4.98 Å². The number of hydrogen-bond acceptors (Lipinski definition) is 4. The SMILES string of the molecule is Cc1nc(-c2ccncc2)[nH]c(=O)c1CCC(=O)NC(C)(c1ccccc1)c1ccccc1. The smallest absolute Gasteiger partial charge is 0.254 e. The van der Waals surface area contributed by atoms with Gasteiger partial charge in [0.15, 0.2) is 0 Å². The number of aromatic nitrogens is 3. The lowest BCUT2D eigenvalue weighted by atomic mass is 9.84. The van der Waals surface area contributed by atoms with Gasteiger partial charge in [0.2, 0.25) is 5.91 Å². The lowest BCUT2D eigenvalue weighted by Gasteiger charge is -2.32. The molecule has 0 aliphatic rings. The molecule has 2 heterocycles. The van der Waals surface area contributed by atoms with Crippen LogP contribution in [0.2, 0.25) is 0 Å². The molecule has 33 heavy (non-hydrogen) atoms. The highest BCUT2D eigenvalue weighted by molar-refractivity contribution is 5.78. The molecule has 6 heteroatoms. The Morgan fingerprint density at radius 1 is 0.939 bits per heavy atom. The average Bonchev–Trinajstić information content (AvgIpc) is 2.85. The van der Waals surface area contributed by atoms with Crippen molar-refractivity contribution in [2.45, 2.75) is 32.2 Å². The van der Waals surface area contributed by atoms with Gasteiger partial charge in [0.05, 0.1) is 5.54 Å². The first-order valence-electron chi connectivity index (χ1n) is 10.9. The minimum absolute atomic E-state index is 0.137. The summed E-state index contributed by atoms with van der Waals surface area (Å²) in [4.78, 5) is 37.1. The molecule has 0 radical (unpaired) electrons. The number of H-pyrrole nitrogens is 1. The van der Waals surface area contributed by atoms with Crippen molar-refractivity contribution in [3.8, 4) is 11.4 Å². The van der Waals surface area contributed by atoms with E-state index in [9.17, 15) is 9.59 Å². The third-order valence-corrected chi connectivity index (χ3v) is 5.87. The number of benzene rings is 2. The Labute approximate surface area is 192 Å². The van der Waals surface area contributed by atoms with Gasteiger partial charge in [-0.05, 0) is 43.5 Å². The molecule has 0 atom stereocenters. The van der Waals surface area contributed by atoms with Crippen LogP contribution in [0.5, 0.6) is 0 Å². The van der Waals surface area contributed by atoms with Gasteiger partial charge < -0.3 is 10.3 Å². The Balaban J connectivity index is 1.53. The van der Waals surface area contributed by atoms with Gasteiger partial charge in [-0.1, -0.05) is 60.7 Å². The van der Waals surface area contributed by atoms with Crippen LogP contribution in [0, 0.1) is 6.92 Å². The van der Waals surface area contributed by atoms with Crippen LogP contribution in [0.1, 0.15) is 35.7 Å². The summed E-state index contributed by atoms with van der Waals surface area (Å²) in [7, 11) is 0. The summed E-state index contributed by atoms with van der Waals surface area (Å²) in [6.07, 6.45) is 3.78. The molecule has 0 fully saturated rings. The largest absolute Gasteiger partial charge is 0.343 e. The van der Waals surface area contributed by atoms with Gasteiger partial charge in [0.25, 0.3) is 5.56 Å². The molecule has 0 aliphatic carbocycles. The zero-order valence-corrected chi connectivity index (χ0v) is 18.7. The Morgan fingerprint density at radius 3 is 2.06 bits per heavy atom.